The molecule has 0 aliphatic rings. The molecule has 6 heteroatoms. The summed E-state index contributed by atoms with van der Waals surface area (Å²) in [5, 5.41) is 12.2. The van der Waals surface area contributed by atoms with E-state index in [1.165, 1.54) is 6.07 Å². The Hall–Kier alpha value is -2.60. The Kier molecular flexibility index (Phi) is 7.22. The maximum absolute atomic E-state index is 11.0. The van der Waals surface area contributed by atoms with Crippen molar-refractivity contribution >= 4 is 11.8 Å². The molecule has 2 rings (SSSR count). The third-order valence-corrected chi connectivity index (χ3v) is 3.96. The summed E-state index contributed by atoms with van der Waals surface area (Å²) in [4.78, 5) is 17.4. The number of ether oxygens (including phenoxy) is 1. The maximum Gasteiger partial charge on any atom is 0.354 e. The van der Waals surface area contributed by atoms with Crippen molar-refractivity contribution in [3.63, 3.8) is 0 Å². The highest BCUT2D eigenvalue weighted by Gasteiger charge is 2.07. The standard InChI is InChI=1S/C19H25N3O3/c1-3-22(4-2)12-13-25-17-10-6-5-8-15(17)14-20-18-11-7-9-16(21-18)19(23)24/h5-11H,3-4,12-14H2,1-2H3,(H,20,21)(H,23,24). The normalized spacial score (nSPS) is 10.7. The van der Waals surface area contributed by atoms with Crippen LogP contribution >= 0.6 is 0 Å². The maximum atomic E-state index is 11.0. The molecule has 0 bridgehead atoms. The SMILES string of the molecule is CCN(CC)CCOc1ccccc1CNc1cccc(C(=O)O)n1. The highest BCUT2D eigenvalue weighted by Crippen LogP contribution is 2.19. The van der Waals surface area contributed by atoms with Crippen LogP contribution in [-0.4, -0.2) is 47.2 Å². The van der Waals surface area contributed by atoms with Gasteiger partial charge in [0.2, 0.25) is 0 Å². The van der Waals surface area contributed by atoms with E-state index in [4.69, 9.17) is 9.84 Å². The molecular formula is C19H25N3O3. The smallest absolute Gasteiger partial charge is 0.354 e. The minimum absolute atomic E-state index is 0.0220. The number of likely N-dealkylation sites (N-methyl/N-ethyl adjacent to an activating group) is 1. The quantitative estimate of drug-likeness (QED) is 0.690. The molecule has 0 spiro atoms. The first kappa shape index (κ1) is 18.7. The lowest BCUT2D eigenvalue weighted by Gasteiger charge is -2.19. The van der Waals surface area contributed by atoms with Crippen LogP contribution < -0.4 is 10.1 Å². The number of rotatable bonds is 10. The van der Waals surface area contributed by atoms with E-state index in [2.05, 4.69) is 29.0 Å². The lowest BCUT2D eigenvalue weighted by atomic mass is 10.2. The predicted octanol–water partition coefficient (Wildman–Crippen LogP) is 3.11. The van der Waals surface area contributed by atoms with E-state index in [0.29, 0.717) is 19.0 Å². The molecule has 0 aliphatic carbocycles. The number of benzene rings is 1. The number of carboxylic acid groups (broad SMARTS) is 1. The summed E-state index contributed by atoms with van der Waals surface area (Å²) in [5.74, 6) is 0.318. The molecule has 0 saturated heterocycles. The first-order valence-electron chi connectivity index (χ1n) is 8.51. The molecule has 1 aromatic carbocycles. The van der Waals surface area contributed by atoms with Crippen LogP contribution in [0.15, 0.2) is 42.5 Å². The van der Waals surface area contributed by atoms with Crippen molar-refractivity contribution in [2.45, 2.75) is 20.4 Å². The zero-order chi connectivity index (χ0) is 18.1. The molecule has 2 aromatic rings. The number of pyridine rings is 1. The van der Waals surface area contributed by atoms with Gasteiger partial charge in [-0.3, -0.25) is 0 Å². The Morgan fingerprint density at radius 1 is 1.16 bits per heavy atom. The average molecular weight is 343 g/mol. The number of anilines is 1. The van der Waals surface area contributed by atoms with E-state index in [-0.39, 0.29) is 5.69 Å². The number of carboxylic acids is 1. The third kappa shape index (κ3) is 5.76. The van der Waals surface area contributed by atoms with Gasteiger partial charge >= 0.3 is 5.97 Å². The molecule has 0 radical (unpaired) electrons. The van der Waals surface area contributed by atoms with Gasteiger partial charge in [-0.15, -0.1) is 0 Å². The Bertz CT molecular complexity index is 687. The summed E-state index contributed by atoms with van der Waals surface area (Å²) in [6.07, 6.45) is 0. The molecule has 0 saturated carbocycles. The van der Waals surface area contributed by atoms with Crippen LogP contribution in [0.5, 0.6) is 5.75 Å². The molecule has 1 aromatic heterocycles. The Balaban J connectivity index is 1.96. The molecule has 0 atom stereocenters. The number of hydrogen-bond donors (Lipinski definition) is 2. The van der Waals surface area contributed by atoms with E-state index < -0.39 is 5.97 Å². The van der Waals surface area contributed by atoms with Gasteiger partial charge in [0.15, 0.2) is 5.69 Å². The fourth-order valence-corrected chi connectivity index (χ4v) is 2.45. The topological polar surface area (TPSA) is 74.7 Å². The fourth-order valence-electron chi connectivity index (χ4n) is 2.45. The summed E-state index contributed by atoms with van der Waals surface area (Å²) in [7, 11) is 0. The highest BCUT2D eigenvalue weighted by atomic mass is 16.5. The Morgan fingerprint density at radius 3 is 2.64 bits per heavy atom. The molecule has 0 fully saturated rings. The average Bonchev–Trinajstić information content (AvgIpc) is 2.64. The van der Waals surface area contributed by atoms with Gasteiger partial charge < -0.3 is 20.1 Å². The molecule has 0 amide bonds. The van der Waals surface area contributed by atoms with E-state index in [1.54, 1.807) is 12.1 Å². The van der Waals surface area contributed by atoms with Crippen LogP contribution in [-0.2, 0) is 6.54 Å². The molecule has 0 unspecified atom stereocenters. The summed E-state index contributed by atoms with van der Waals surface area (Å²) in [5.41, 5.74) is 1.03. The fraction of sp³-hybridized carbons (Fsp3) is 0.368. The lowest BCUT2D eigenvalue weighted by molar-refractivity contribution is 0.0690. The summed E-state index contributed by atoms with van der Waals surface area (Å²) in [6, 6.07) is 12.7. The van der Waals surface area contributed by atoms with E-state index in [9.17, 15) is 4.79 Å². The Labute approximate surface area is 148 Å². The number of para-hydroxylation sites is 1. The number of aromatic nitrogens is 1. The van der Waals surface area contributed by atoms with Gasteiger partial charge in [0.1, 0.15) is 18.2 Å². The van der Waals surface area contributed by atoms with Crippen molar-refractivity contribution in [1.29, 1.82) is 0 Å². The molecule has 0 aliphatic heterocycles. The second-order valence-corrected chi connectivity index (χ2v) is 5.55. The summed E-state index contributed by atoms with van der Waals surface area (Å²) < 4.78 is 5.93. The first-order valence-corrected chi connectivity index (χ1v) is 8.51. The van der Waals surface area contributed by atoms with Crippen molar-refractivity contribution < 1.29 is 14.6 Å². The molecule has 25 heavy (non-hydrogen) atoms. The molecular weight excluding hydrogens is 318 g/mol. The molecule has 2 N–H and O–H groups in total. The van der Waals surface area contributed by atoms with E-state index in [0.717, 1.165) is 30.9 Å². The van der Waals surface area contributed by atoms with Crippen LogP contribution in [0.2, 0.25) is 0 Å². The largest absolute Gasteiger partial charge is 0.492 e. The van der Waals surface area contributed by atoms with Crippen molar-refractivity contribution in [2.75, 3.05) is 31.6 Å². The highest BCUT2D eigenvalue weighted by molar-refractivity contribution is 5.85. The zero-order valence-corrected chi connectivity index (χ0v) is 14.7. The van der Waals surface area contributed by atoms with Gasteiger partial charge in [-0.25, -0.2) is 9.78 Å². The monoisotopic (exact) mass is 343 g/mol. The van der Waals surface area contributed by atoms with Crippen molar-refractivity contribution in [3.8, 4) is 5.75 Å². The van der Waals surface area contributed by atoms with Gasteiger partial charge in [0, 0.05) is 18.7 Å². The third-order valence-electron chi connectivity index (χ3n) is 3.96. The lowest BCUT2D eigenvalue weighted by Crippen LogP contribution is -2.28. The van der Waals surface area contributed by atoms with Crippen LogP contribution in [0.3, 0.4) is 0 Å². The van der Waals surface area contributed by atoms with E-state index >= 15 is 0 Å². The summed E-state index contributed by atoms with van der Waals surface area (Å²) in [6.45, 7) is 8.32. The van der Waals surface area contributed by atoms with Gasteiger partial charge in [-0.1, -0.05) is 38.1 Å². The Morgan fingerprint density at radius 2 is 1.92 bits per heavy atom. The number of carbonyl (C=O) groups is 1. The second-order valence-electron chi connectivity index (χ2n) is 5.55. The molecule has 1 heterocycles. The number of nitrogens with one attached hydrogen (secondary N) is 1. The first-order chi connectivity index (χ1) is 12.1. The van der Waals surface area contributed by atoms with Crippen molar-refractivity contribution in [2.24, 2.45) is 0 Å². The van der Waals surface area contributed by atoms with Crippen molar-refractivity contribution in [1.82, 2.24) is 9.88 Å². The summed E-state index contributed by atoms with van der Waals surface area (Å²) >= 11 is 0. The number of hydrogen-bond acceptors (Lipinski definition) is 5. The predicted molar refractivity (Wildman–Crippen MR) is 98.2 cm³/mol. The number of nitrogens with zero attached hydrogens (tertiary/aromatic N) is 2. The van der Waals surface area contributed by atoms with Gasteiger partial charge in [0.25, 0.3) is 0 Å². The van der Waals surface area contributed by atoms with Gasteiger partial charge in [0.05, 0.1) is 0 Å². The van der Waals surface area contributed by atoms with Gasteiger partial charge in [-0.05, 0) is 31.3 Å². The van der Waals surface area contributed by atoms with Crippen LogP contribution in [0, 0.1) is 0 Å². The van der Waals surface area contributed by atoms with Crippen LogP contribution in [0.4, 0.5) is 5.82 Å². The molecule has 134 valence electrons. The van der Waals surface area contributed by atoms with Crippen LogP contribution in [0.1, 0.15) is 29.9 Å². The zero-order valence-electron chi connectivity index (χ0n) is 14.7. The second kappa shape index (κ2) is 9.64. The van der Waals surface area contributed by atoms with Crippen LogP contribution in [0.25, 0.3) is 0 Å². The number of aromatic carboxylic acids is 1. The van der Waals surface area contributed by atoms with Crippen molar-refractivity contribution in [3.05, 3.63) is 53.7 Å². The van der Waals surface area contributed by atoms with E-state index in [1.807, 2.05) is 24.3 Å². The minimum atomic E-state index is -1.04. The minimum Gasteiger partial charge on any atom is -0.492 e. The van der Waals surface area contributed by atoms with Gasteiger partial charge in [-0.2, -0.15) is 0 Å². The molecule has 6 nitrogen and oxygen atoms in total.